The number of nitrogens with zero attached hydrogens (tertiary/aromatic N) is 1. The Bertz CT molecular complexity index is 718. The fraction of sp³-hybridized carbons (Fsp3) is 0.450. The first kappa shape index (κ1) is 18.0. The molecule has 0 bridgehead atoms. The minimum Gasteiger partial charge on any atom is -0.387 e. The van der Waals surface area contributed by atoms with Gasteiger partial charge in [0.25, 0.3) is 0 Å². The number of nitrogens with one attached hydrogen (secondary N) is 1. The molecular formula is C20H25ClN2O2. The quantitative estimate of drug-likeness (QED) is 0.824. The smallest absolute Gasteiger partial charge is 0.230 e. The van der Waals surface area contributed by atoms with Crippen LogP contribution in [0.3, 0.4) is 0 Å². The molecule has 1 atom stereocenters. The van der Waals surface area contributed by atoms with Gasteiger partial charge >= 0.3 is 0 Å². The Morgan fingerprint density at radius 1 is 1.28 bits per heavy atom. The second-order valence-electron chi connectivity index (χ2n) is 6.90. The summed E-state index contributed by atoms with van der Waals surface area (Å²) in [7, 11) is 1.91. The number of rotatable bonds is 6. The minimum absolute atomic E-state index is 0.0615. The molecule has 1 amide bonds. The van der Waals surface area contributed by atoms with Gasteiger partial charge in [-0.1, -0.05) is 36.6 Å². The van der Waals surface area contributed by atoms with Gasteiger partial charge in [0.15, 0.2) is 0 Å². The van der Waals surface area contributed by atoms with Crippen LogP contribution >= 0.6 is 11.6 Å². The summed E-state index contributed by atoms with van der Waals surface area (Å²) in [5.74, 6) is 0.0615. The van der Waals surface area contributed by atoms with E-state index in [9.17, 15) is 9.90 Å². The lowest BCUT2D eigenvalue weighted by Crippen LogP contribution is -2.43. The van der Waals surface area contributed by atoms with Gasteiger partial charge in [-0.05, 0) is 49.1 Å². The van der Waals surface area contributed by atoms with Crippen molar-refractivity contribution in [3.8, 4) is 0 Å². The number of carbonyl (C=O) groups is 1. The molecule has 1 aliphatic carbocycles. The number of aliphatic hydroxyl groups is 1. The van der Waals surface area contributed by atoms with E-state index in [1.165, 1.54) is 0 Å². The van der Waals surface area contributed by atoms with Gasteiger partial charge in [-0.15, -0.1) is 0 Å². The number of carbonyl (C=O) groups excluding carboxylic acids is 1. The predicted octanol–water partition coefficient (Wildman–Crippen LogP) is 3.73. The van der Waals surface area contributed by atoms with Crippen molar-refractivity contribution in [2.45, 2.75) is 43.6 Å². The van der Waals surface area contributed by atoms with Gasteiger partial charge in [-0.2, -0.15) is 0 Å². The number of aryl methyl sites for hydroxylation is 1. The number of aliphatic hydroxyl groups excluding tert-OH is 1. The molecular weight excluding hydrogens is 336 g/mol. The van der Waals surface area contributed by atoms with E-state index in [0.717, 1.165) is 36.9 Å². The van der Waals surface area contributed by atoms with E-state index in [1.54, 1.807) is 0 Å². The predicted molar refractivity (Wildman–Crippen MR) is 99.6 cm³/mol. The number of hydrogen-bond donors (Lipinski definition) is 2. The number of halogens is 1. The normalized spacial score (nSPS) is 17.4. The molecule has 0 spiro atoms. The fourth-order valence-corrected chi connectivity index (χ4v) is 3.98. The van der Waals surface area contributed by atoms with E-state index >= 15 is 0 Å². The Balaban J connectivity index is 1.64. The summed E-state index contributed by atoms with van der Waals surface area (Å²) >= 11 is 5.99. The first-order chi connectivity index (χ1) is 12.0. The molecule has 3 rings (SSSR count). The molecule has 0 radical (unpaired) electrons. The molecule has 5 heteroatoms. The highest BCUT2D eigenvalue weighted by Crippen LogP contribution is 2.41. The molecule has 1 aromatic heterocycles. The van der Waals surface area contributed by atoms with Crippen molar-refractivity contribution in [1.29, 1.82) is 0 Å². The Labute approximate surface area is 153 Å². The van der Waals surface area contributed by atoms with Crippen molar-refractivity contribution in [2.75, 3.05) is 6.54 Å². The minimum atomic E-state index is -0.574. The van der Waals surface area contributed by atoms with Gasteiger partial charge in [-0.3, -0.25) is 4.79 Å². The molecule has 1 aromatic carbocycles. The Hall–Kier alpha value is -1.78. The third-order valence-electron chi connectivity index (χ3n) is 5.32. The largest absolute Gasteiger partial charge is 0.387 e. The topological polar surface area (TPSA) is 54.3 Å². The van der Waals surface area contributed by atoms with Crippen molar-refractivity contribution < 1.29 is 9.90 Å². The molecule has 1 saturated carbocycles. The molecule has 4 nitrogen and oxygen atoms in total. The fourth-order valence-electron chi connectivity index (χ4n) is 3.85. The Morgan fingerprint density at radius 2 is 1.96 bits per heavy atom. The molecule has 1 aliphatic rings. The van der Waals surface area contributed by atoms with E-state index in [0.29, 0.717) is 18.0 Å². The van der Waals surface area contributed by atoms with Crippen LogP contribution in [0.15, 0.2) is 42.6 Å². The van der Waals surface area contributed by atoms with Crippen LogP contribution in [-0.2, 0) is 17.3 Å². The van der Waals surface area contributed by atoms with E-state index in [4.69, 9.17) is 11.6 Å². The molecule has 0 aliphatic heterocycles. The lowest BCUT2D eigenvalue weighted by molar-refractivity contribution is -0.126. The monoisotopic (exact) mass is 360 g/mol. The number of hydrogen-bond acceptors (Lipinski definition) is 2. The number of amides is 1. The lowest BCUT2D eigenvalue weighted by atomic mass is 9.78. The molecule has 1 fully saturated rings. The van der Waals surface area contributed by atoms with Gasteiger partial charge in [-0.25, -0.2) is 0 Å². The summed E-state index contributed by atoms with van der Waals surface area (Å²) in [5, 5.41) is 14.0. The average molecular weight is 361 g/mol. The van der Waals surface area contributed by atoms with E-state index in [1.807, 2.05) is 54.2 Å². The standard InChI is InChI=1S/C20H25ClN2O2/c1-23-14-4-5-17(23)18(24)10-13-22-19(25)20(11-2-3-12-20)15-6-8-16(21)9-7-15/h4-9,14,18,24H,2-3,10-13H2,1H3,(H,22,25). The van der Waals surface area contributed by atoms with Gasteiger partial charge in [0.1, 0.15) is 0 Å². The maximum absolute atomic E-state index is 13.0. The second kappa shape index (κ2) is 7.63. The second-order valence-corrected chi connectivity index (χ2v) is 7.34. The third-order valence-corrected chi connectivity index (χ3v) is 5.57. The van der Waals surface area contributed by atoms with Gasteiger partial charge < -0.3 is 15.0 Å². The van der Waals surface area contributed by atoms with Crippen molar-refractivity contribution in [3.05, 3.63) is 58.9 Å². The van der Waals surface area contributed by atoms with Crippen LogP contribution in [0.2, 0.25) is 5.02 Å². The highest BCUT2D eigenvalue weighted by atomic mass is 35.5. The number of benzene rings is 1. The highest BCUT2D eigenvalue weighted by Gasteiger charge is 2.42. The van der Waals surface area contributed by atoms with Crippen LogP contribution in [0.5, 0.6) is 0 Å². The van der Waals surface area contributed by atoms with Crippen LogP contribution in [0.1, 0.15) is 49.5 Å². The molecule has 2 aromatic rings. The maximum Gasteiger partial charge on any atom is 0.230 e. The third kappa shape index (κ3) is 3.75. The summed E-state index contributed by atoms with van der Waals surface area (Å²) in [5.41, 5.74) is 1.44. The van der Waals surface area contributed by atoms with E-state index in [-0.39, 0.29) is 5.91 Å². The van der Waals surface area contributed by atoms with Gasteiger partial charge in [0, 0.05) is 30.5 Å². The van der Waals surface area contributed by atoms with Crippen molar-refractivity contribution in [1.82, 2.24) is 9.88 Å². The molecule has 134 valence electrons. The molecule has 0 saturated heterocycles. The summed E-state index contributed by atoms with van der Waals surface area (Å²) < 4.78 is 1.90. The van der Waals surface area contributed by atoms with Crippen molar-refractivity contribution in [2.24, 2.45) is 7.05 Å². The van der Waals surface area contributed by atoms with Crippen LogP contribution in [0.4, 0.5) is 0 Å². The molecule has 1 unspecified atom stereocenters. The van der Waals surface area contributed by atoms with E-state index in [2.05, 4.69) is 5.32 Å². The maximum atomic E-state index is 13.0. The first-order valence-electron chi connectivity index (χ1n) is 8.86. The first-order valence-corrected chi connectivity index (χ1v) is 9.24. The molecule has 2 N–H and O–H groups in total. The van der Waals surface area contributed by atoms with Crippen LogP contribution < -0.4 is 5.32 Å². The van der Waals surface area contributed by atoms with Crippen LogP contribution in [-0.4, -0.2) is 22.1 Å². The molecule has 1 heterocycles. The zero-order valence-electron chi connectivity index (χ0n) is 14.5. The lowest BCUT2D eigenvalue weighted by Gasteiger charge is -2.28. The van der Waals surface area contributed by atoms with Crippen LogP contribution in [0.25, 0.3) is 0 Å². The summed E-state index contributed by atoms with van der Waals surface area (Å²) in [6.07, 6.45) is 5.67. The molecule has 25 heavy (non-hydrogen) atoms. The Kier molecular flexibility index (Phi) is 5.50. The SMILES string of the molecule is Cn1cccc1C(O)CCNC(=O)C1(c2ccc(Cl)cc2)CCCC1. The van der Waals surface area contributed by atoms with Crippen molar-refractivity contribution in [3.63, 3.8) is 0 Å². The highest BCUT2D eigenvalue weighted by molar-refractivity contribution is 6.30. The summed E-state index contributed by atoms with van der Waals surface area (Å²) in [6.45, 7) is 0.459. The van der Waals surface area contributed by atoms with Gasteiger partial charge in [0.05, 0.1) is 11.5 Å². The zero-order valence-corrected chi connectivity index (χ0v) is 15.3. The van der Waals surface area contributed by atoms with Crippen LogP contribution in [0, 0.1) is 0 Å². The van der Waals surface area contributed by atoms with Crippen molar-refractivity contribution >= 4 is 17.5 Å². The summed E-state index contributed by atoms with van der Waals surface area (Å²) in [4.78, 5) is 13.0. The van der Waals surface area contributed by atoms with Gasteiger partial charge in [0.2, 0.25) is 5.91 Å². The Morgan fingerprint density at radius 3 is 2.56 bits per heavy atom. The summed E-state index contributed by atoms with van der Waals surface area (Å²) in [6, 6.07) is 11.4. The number of aromatic nitrogens is 1. The van der Waals surface area contributed by atoms with E-state index < -0.39 is 11.5 Å². The zero-order chi connectivity index (χ0) is 17.9. The average Bonchev–Trinajstić information content (AvgIpc) is 3.25.